The third kappa shape index (κ3) is 4.70. The first-order valence-electron chi connectivity index (χ1n) is 9.90. The van der Waals surface area contributed by atoms with Gasteiger partial charge in [0, 0.05) is 31.1 Å². The van der Waals surface area contributed by atoms with Crippen molar-refractivity contribution in [2.75, 3.05) is 13.1 Å². The number of nitrogens with one attached hydrogen (secondary N) is 1. The molecule has 0 atom stereocenters. The molecule has 1 heterocycles. The number of nitrogens with zero attached hydrogens (tertiary/aromatic N) is 1. The van der Waals surface area contributed by atoms with Crippen molar-refractivity contribution in [1.29, 1.82) is 0 Å². The molecule has 1 saturated heterocycles. The predicted molar refractivity (Wildman–Crippen MR) is 106 cm³/mol. The van der Waals surface area contributed by atoms with Crippen molar-refractivity contribution in [3.05, 3.63) is 29.3 Å². The second kappa shape index (κ2) is 8.29. The summed E-state index contributed by atoms with van der Waals surface area (Å²) >= 11 is 0. The molecule has 0 aromatic heterocycles. The summed E-state index contributed by atoms with van der Waals surface area (Å²) in [6.45, 7) is 4.67. The Hall–Kier alpha value is -1.44. The molecule has 0 radical (unpaired) electrons. The van der Waals surface area contributed by atoms with E-state index in [1.165, 1.54) is 4.31 Å². The number of nitrogens with two attached hydrogens (primary N) is 1. The Balaban J connectivity index is 1.56. The summed E-state index contributed by atoms with van der Waals surface area (Å²) in [6.07, 6.45) is 4.93. The molecule has 1 aliphatic carbocycles. The van der Waals surface area contributed by atoms with Gasteiger partial charge in [0.05, 0.1) is 4.90 Å². The maximum absolute atomic E-state index is 12.9. The van der Waals surface area contributed by atoms with E-state index in [1.807, 2.05) is 19.9 Å². The minimum absolute atomic E-state index is 0.0682. The van der Waals surface area contributed by atoms with Gasteiger partial charge in [-0.25, -0.2) is 8.42 Å². The average molecular weight is 394 g/mol. The van der Waals surface area contributed by atoms with Gasteiger partial charge in [0.25, 0.3) is 0 Å². The molecule has 1 aliphatic heterocycles. The summed E-state index contributed by atoms with van der Waals surface area (Å²) < 4.78 is 27.3. The minimum Gasteiger partial charge on any atom is -0.353 e. The smallest absolute Gasteiger partial charge is 0.243 e. The standard InChI is InChI=1S/C20H31N3O3S/c1-14-3-8-19(13-15(14)2)27(25,26)23-11-9-16(10-12-23)20(24)22-18-6-4-17(21)5-7-18/h3,8,13,16-18H,4-7,9-12,21H2,1-2H3,(H,22,24). The number of piperidine rings is 1. The fourth-order valence-electron chi connectivity index (χ4n) is 3.96. The fraction of sp³-hybridized carbons (Fsp3) is 0.650. The molecule has 1 aromatic rings. The van der Waals surface area contributed by atoms with Crippen LogP contribution in [0.3, 0.4) is 0 Å². The van der Waals surface area contributed by atoms with Crippen LogP contribution in [0.25, 0.3) is 0 Å². The first kappa shape index (κ1) is 20.3. The minimum atomic E-state index is -3.50. The van der Waals surface area contributed by atoms with Crippen LogP contribution in [0.4, 0.5) is 0 Å². The molecule has 27 heavy (non-hydrogen) atoms. The van der Waals surface area contributed by atoms with Gasteiger partial charge in [-0.15, -0.1) is 0 Å². The number of carbonyl (C=O) groups is 1. The van der Waals surface area contributed by atoms with E-state index in [0.29, 0.717) is 30.8 Å². The van der Waals surface area contributed by atoms with E-state index in [9.17, 15) is 13.2 Å². The summed E-state index contributed by atoms with van der Waals surface area (Å²) in [7, 11) is -3.50. The van der Waals surface area contributed by atoms with E-state index in [-0.39, 0.29) is 23.9 Å². The number of sulfonamides is 1. The molecule has 1 aromatic carbocycles. The molecule has 1 amide bonds. The normalized spacial score (nSPS) is 25.3. The largest absolute Gasteiger partial charge is 0.353 e. The fourth-order valence-corrected chi connectivity index (χ4v) is 5.52. The summed E-state index contributed by atoms with van der Waals surface area (Å²) in [6, 6.07) is 5.73. The quantitative estimate of drug-likeness (QED) is 0.819. The highest BCUT2D eigenvalue weighted by Gasteiger charge is 2.33. The average Bonchev–Trinajstić information content (AvgIpc) is 2.66. The van der Waals surface area contributed by atoms with Gasteiger partial charge in [-0.1, -0.05) is 6.07 Å². The molecule has 3 N–H and O–H groups in total. The number of rotatable bonds is 4. The highest BCUT2D eigenvalue weighted by molar-refractivity contribution is 7.89. The SMILES string of the molecule is Cc1ccc(S(=O)(=O)N2CCC(C(=O)NC3CCC(N)CC3)CC2)cc1C. The molecule has 0 bridgehead atoms. The number of benzene rings is 1. The Morgan fingerprint density at radius 1 is 1.04 bits per heavy atom. The molecular formula is C20H31N3O3S. The van der Waals surface area contributed by atoms with Crippen molar-refractivity contribution in [2.24, 2.45) is 11.7 Å². The van der Waals surface area contributed by atoms with E-state index in [4.69, 9.17) is 5.73 Å². The second-order valence-corrected chi connectivity index (χ2v) is 9.98. The van der Waals surface area contributed by atoms with Crippen LogP contribution >= 0.6 is 0 Å². The highest BCUT2D eigenvalue weighted by atomic mass is 32.2. The van der Waals surface area contributed by atoms with Crippen LogP contribution in [-0.2, 0) is 14.8 Å². The maximum atomic E-state index is 12.9. The molecule has 2 aliphatic rings. The van der Waals surface area contributed by atoms with Gasteiger partial charge in [0.1, 0.15) is 0 Å². The van der Waals surface area contributed by atoms with Crippen LogP contribution in [0.15, 0.2) is 23.1 Å². The first-order valence-corrected chi connectivity index (χ1v) is 11.3. The Morgan fingerprint density at radius 2 is 1.67 bits per heavy atom. The molecule has 2 fully saturated rings. The molecule has 3 rings (SSSR count). The molecular weight excluding hydrogens is 362 g/mol. The number of hydrogen-bond donors (Lipinski definition) is 2. The number of aryl methyl sites for hydroxylation is 2. The summed E-state index contributed by atoms with van der Waals surface area (Å²) in [4.78, 5) is 12.9. The van der Waals surface area contributed by atoms with Crippen molar-refractivity contribution in [3.8, 4) is 0 Å². The number of hydrogen-bond acceptors (Lipinski definition) is 4. The lowest BCUT2D eigenvalue weighted by molar-refractivity contribution is -0.127. The van der Waals surface area contributed by atoms with Crippen LogP contribution in [0.5, 0.6) is 0 Å². The van der Waals surface area contributed by atoms with Gasteiger partial charge in [-0.3, -0.25) is 4.79 Å². The van der Waals surface area contributed by atoms with Gasteiger partial charge in [-0.2, -0.15) is 4.31 Å². The van der Waals surface area contributed by atoms with Gasteiger partial charge in [-0.05, 0) is 75.6 Å². The van der Waals surface area contributed by atoms with Crippen LogP contribution in [0.1, 0.15) is 49.7 Å². The number of amides is 1. The van der Waals surface area contributed by atoms with Crippen molar-refractivity contribution in [2.45, 2.75) is 69.4 Å². The maximum Gasteiger partial charge on any atom is 0.243 e. The highest BCUT2D eigenvalue weighted by Crippen LogP contribution is 2.26. The first-order chi connectivity index (χ1) is 12.8. The Bertz CT molecular complexity index is 778. The molecule has 6 nitrogen and oxygen atoms in total. The summed E-state index contributed by atoms with van der Waals surface area (Å²) in [5.41, 5.74) is 7.96. The molecule has 150 valence electrons. The van der Waals surface area contributed by atoms with Crippen LogP contribution in [0, 0.1) is 19.8 Å². The van der Waals surface area contributed by atoms with Crippen LogP contribution < -0.4 is 11.1 Å². The van der Waals surface area contributed by atoms with E-state index < -0.39 is 10.0 Å². The van der Waals surface area contributed by atoms with Crippen molar-refractivity contribution < 1.29 is 13.2 Å². The van der Waals surface area contributed by atoms with Crippen LogP contribution in [-0.4, -0.2) is 43.8 Å². The second-order valence-electron chi connectivity index (χ2n) is 8.04. The van der Waals surface area contributed by atoms with E-state index in [0.717, 1.165) is 36.8 Å². The Kier molecular flexibility index (Phi) is 6.23. The molecule has 0 unspecified atom stereocenters. The third-order valence-electron chi connectivity index (χ3n) is 6.06. The van der Waals surface area contributed by atoms with Crippen molar-refractivity contribution >= 4 is 15.9 Å². The van der Waals surface area contributed by atoms with E-state index >= 15 is 0 Å². The lowest BCUT2D eigenvalue weighted by Gasteiger charge is -2.33. The molecule has 7 heteroatoms. The summed E-state index contributed by atoms with van der Waals surface area (Å²) in [5, 5.41) is 3.15. The zero-order chi connectivity index (χ0) is 19.6. The zero-order valence-electron chi connectivity index (χ0n) is 16.3. The van der Waals surface area contributed by atoms with E-state index in [2.05, 4.69) is 5.32 Å². The topological polar surface area (TPSA) is 92.5 Å². The van der Waals surface area contributed by atoms with Crippen molar-refractivity contribution in [1.82, 2.24) is 9.62 Å². The summed E-state index contributed by atoms with van der Waals surface area (Å²) in [5.74, 6) is -0.0366. The number of carbonyl (C=O) groups excluding carboxylic acids is 1. The predicted octanol–water partition coefficient (Wildman–Crippen LogP) is 2.09. The molecule has 0 spiro atoms. The lowest BCUT2D eigenvalue weighted by atomic mass is 9.90. The Labute approximate surface area is 162 Å². The van der Waals surface area contributed by atoms with E-state index in [1.54, 1.807) is 12.1 Å². The van der Waals surface area contributed by atoms with Gasteiger partial charge < -0.3 is 11.1 Å². The van der Waals surface area contributed by atoms with Gasteiger partial charge >= 0.3 is 0 Å². The van der Waals surface area contributed by atoms with Crippen molar-refractivity contribution in [3.63, 3.8) is 0 Å². The lowest BCUT2D eigenvalue weighted by Crippen LogP contribution is -2.46. The zero-order valence-corrected chi connectivity index (χ0v) is 17.1. The van der Waals surface area contributed by atoms with Crippen LogP contribution in [0.2, 0.25) is 0 Å². The Morgan fingerprint density at radius 3 is 2.26 bits per heavy atom. The third-order valence-corrected chi connectivity index (χ3v) is 7.95. The monoisotopic (exact) mass is 393 g/mol. The van der Waals surface area contributed by atoms with Gasteiger partial charge in [0.2, 0.25) is 15.9 Å². The molecule has 1 saturated carbocycles. The van der Waals surface area contributed by atoms with Gasteiger partial charge in [0.15, 0.2) is 0 Å².